The van der Waals surface area contributed by atoms with Crippen molar-refractivity contribution in [3.8, 4) is 0 Å². The summed E-state index contributed by atoms with van der Waals surface area (Å²) in [5, 5.41) is 3.02. The third kappa shape index (κ3) is 5.27. The molecule has 2 fully saturated rings. The van der Waals surface area contributed by atoms with Crippen molar-refractivity contribution in [3.05, 3.63) is 59.3 Å². The summed E-state index contributed by atoms with van der Waals surface area (Å²) in [6, 6.07) is 6.95. The zero-order valence-corrected chi connectivity index (χ0v) is 21.0. The van der Waals surface area contributed by atoms with Crippen LogP contribution in [0.5, 0.6) is 0 Å². The molecule has 2 atom stereocenters. The fourth-order valence-corrected chi connectivity index (χ4v) is 5.07. The lowest BCUT2D eigenvalue weighted by Crippen LogP contribution is -2.56. The minimum absolute atomic E-state index is 0.0703. The van der Waals surface area contributed by atoms with Crippen molar-refractivity contribution < 1.29 is 19.1 Å². The van der Waals surface area contributed by atoms with E-state index < -0.39 is 12.0 Å². The summed E-state index contributed by atoms with van der Waals surface area (Å²) in [7, 11) is 0. The average molecular weight is 481 g/mol. The highest BCUT2D eigenvalue weighted by Gasteiger charge is 2.41. The molecule has 4 rings (SSSR count). The first-order chi connectivity index (χ1) is 16.8. The molecular weight excluding hydrogens is 444 g/mol. The summed E-state index contributed by atoms with van der Waals surface area (Å²) in [5.41, 5.74) is 2.94. The SMILES string of the molecule is C=CCN1C(=O)NC(c2ccccc2C)C(C(=O)OCC)=C1CN1CCN(C(=O)C2CC2)C(C)C1. The quantitative estimate of drug-likeness (QED) is 0.457. The predicted octanol–water partition coefficient (Wildman–Crippen LogP) is 3.01. The van der Waals surface area contributed by atoms with Crippen LogP contribution in [0.2, 0.25) is 0 Å². The van der Waals surface area contributed by atoms with Crippen molar-refractivity contribution >= 4 is 17.9 Å². The van der Waals surface area contributed by atoms with Crippen molar-refractivity contribution in [1.82, 2.24) is 20.0 Å². The van der Waals surface area contributed by atoms with Crippen molar-refractivity contribution in [2.75, 3.05) is 39.3 Å². The zero-order chi connectivity index (χ0) is 25.1. The molecule has 1 saturated heterocycles. The van der Waals surface area contributed by atoms with Crippen LogP contribution in [0.25, 0.3) is 0 Å². The third-order valence-electron chi connectivity index (χ3n) is 7.04. The number of benzene rings is 1. The summed E-state index contributed by atoms with van der Waals surface area (Å²) in [4.78, 5) is 45.0. The number of amides is 3. The van der Waals surface area contributed by atoms with Gasteiger partial charge < -0.3 is 15.0 Å². The summed E-state index contributed by atoms with van der Waals surface area (Å²) >= 11 is 0. The van der Waals surface area contributed by atoms with Gasteiger partial charge in [0.05, 0.1) is 18.2 Å². The smallest absolute Gasteiger partial charge is 0.338 e. The largest absolute Gasteiger partial charge is 0.463 e. The van der Waals surface area contributed by atoms with Crippen LogP contribution < -0.4 is 5.32 Å². The second-order valence-corrected chi connectivity index (χ2v) is 9.61. The Morgan fingerprint density at radius 2 is 1.97 bits per heavy atom. The molecule has 2 heterocycles. The molecule has 1 N–H and O–H groups in total. The Labute approximate surface area is 207 Å². The van der Waals surface area contributed by atoms with Gasteiger partial charge in [-0.05, 0) is 44.7 Å². The third-order valence-corrected chi connectivity index (χ3v) is 7.04. The maximum absolute atomic E-state index is 13.3. The van der Waals surface area contributed by atoms with Crippen LogP contribution in [0.15, 0.2) is 48.2 Å². The van der Waals surface area contributed by atoms with Crippen LogP contribution in [-0.4, -0.2) is 78.0 Å². The first kappa shape index (κ1) is 25.0. The predicted molar refractivity (Wildman–Crippen MR) is 133 cm³/mol. The topological polar surface area (TPSA) is 82.2 Å². The molecule has 0 spiro atoms. The van der Waals surface area contributed by atoms with Gasteiger partial charge in [0, 0.05) is 50.4 Å². The average Bonchev–Trinajstić information content (AvgIpc) is 3.67. The van der Waals surface area contributed by atoms with Gasteiger partial charge in [-0.2, -0.15) is 0 Å². The van der Waals surface area contributed by atoms with Gasteiger partial charge in [0.15, 0.2) is 0 Å². The van der Waals surface area contributed by atoms with Gasteiger partial charge in [0.1, 0.15) is 0 Å². The maximum atomic E-state index is 13.3. The number of carbonyl (C=O) groups is 3. The molecule has 35 heavy (non-hydrogen) atoms. The Morgan fingerprint density at radius 1 is 1.23 bits per heavy atom. The van der Waals surface area contributed by atoms with E-state index in [-0.39, 0.29) is 37.0 Å². The van der Waals surface area contributed by atoms with E-state index in [9.17, 15) is 14.4 Å². The number of nitrogens with one attached hydrogen (secondary N) is 1. The minimum atomic E-state index is -0.603. The van der Waals surface area contributed by atoms with Gasteiger partial charge in [-0.1, -0.05) is 30.3 Å². The normalized spacial score (nSPS) is 23.2. The molecule has 1 aromatic carbocycles. The van der Waals surface area contributed by atoms with Gasteiger partial charge in [-0.3, -0.25) is 14.6 Å². The van der Waals surface area contributed by atoms with Crippen molar-refractivity contribution in [1.29, 1.82) is 0 Å². The summed E-state index contributed by atoms with van der Waals surface area (Å²) in [5.74, 6) is 0.0241. The number of nitrogens with zero attached hydrogens (tertiary/aromatic N) is 3. The first-order valence-electron chi connectivity index (χ1n) is 12.5. The van der Waals surface area contributed by atoms with E-state index in [2.05, 4.69) is 23.7 Å². The molecule has 2 aliphatic heterocycles. The highest BCUT2D eigenvalue weighted by atomic mass is 16.5. The summed E-state index contributed by atoms with van der Waals surface area (Å²) < 4.78 is 5.49. The number of ether oxygens (including phenoxy) is 1. The van der Waals surface area contributed by atoms with E-state index in [1.54, 1.807) is 17.9 Å². The lowest BCUT2D eigenvalue weighted by Gasteiger charge is -2.43. The van der Waals surface area contributed by atoms with Gasteiger partial charge in [0.25, 0.3) is 0 Å². The Kier molecular flexibility index (Phi) is 7.60. The lowest BCUT2D eigenvalue weighted by molar-refractivity contribution is -0.139. The van der Waals surface area contributed by atoms with E-state index >= 15 is 0 Å². The number of carbonyl (C=O) groups excluding carboxylic acids is 3. The molecule has 3 aliphatic rings. The molecule has 8 heteroatoms. The molecule has 3 amide bonds. The lowest BCUT2D eigenvalue weighted by atomic mass is 9.91. The Bertz CT molecular complexity index is 1030. The van der Waals surface area contributed by atoms with E-state index in [1.165, 1.54) is 0 Å². The Balaban J connectivity index is 1.69. The van der Waals surface area contributed by atoms with Gasteiger partial charge in [-0.25, -0.2) is 9.59 Å². The number of rotatable bonds is 8. The van der Waals surface area contributed by atoms with Gasteiger partial charge in [0.2, 0.25) is 5.91 Å². The summed E-state index contributed by atoms with van der Waals surface area (Å²) in [6.07, 6.45) is 3.65. The Hall–Kier alpha value is -3.13. The van der Waals surface area contributed by atoms with Crippen LogP contribution in [0.4, 0.5) is 4.79 Å². The number of hydrogen-bond acceptors (Lipinski definition) is 5. The highest BCUT2D eigenvalue weighted by Crippen LogP contribution is 2.35. The number of piperazine rings is 1. The fourth-order valence-electron chi connectivity index (χ4n) is 5.07. The second kappa shape index (κ2) is 10.6. The molecule has 1 aromatic rings. The second-order valence-electron chi connectivity index (χ2n) is 9.61. The van der Waals surface area contributed by atoms with Crippen LogP contribution in [0.1, 0.15) is 43.9 Å². The number of esters is 1. The number of hydrogen-bond donors (Lipinski definition) is 1. The fraction of sp³-hybridized carbons (Fsp3) is 0.519. The van der Waals surface area contributed by atoms with Gasteiger partial charge >= 0.3 is 12.0 Å². The van der Waals surface area contributed by atoms with Crippen LogP contribution in [0.3, 0.4) is 0 Å². The highest BCUT2D eigenvalue weighted by molar-refractivity contribution is 5.95. The molecule has 188 valence electrons. The summed E-state index contributed by atoms with van der Waals surface area (Å²) in [6.45, 7) is 12.6. The minimum Gasteiger partial charge on any atom is -0.463 e. The van der Waals surface area contributed by atoms with Crippen LogP contribution in [-0.2, 0) is 14.3 Å². The number of aryl methyl sites for hydroxylation is 1. The molecule has 0 radical (unpaired) electrons. The van der Waals surface area contributed by atoms with E-state index in [0.717, 1.165) is 24.0 Å². The van der Waals surface area contributed by atoms with E-state index in [4.69, 9.17) is 4.74 Å². The van der Waals surface area contributed by atoms with Crippen molar-refractivity contribution in [2.24, 2.45) is 5.92 Å². The molecule has 0 bridgehead atoms. The zero-order valence-electron chi connectivity index (χ0n) is 21.0. The first-order valence-corrected chi connectivity index (χ1v) is 12.5. The molecule has 0 aromatic heterocycles. The monoisotopic (exact) mass is 480 g/mol. The molecule has 1 saturated carbocycles. The molecule has 2 unspecified atom stereocenters. The Morgan fingerprint density at radius 3 is 2.60 bits per heavy atom. The molecular formula is C27H36N4O4. The standard InChI is InChI=1S/C27H36N4O4/c1-5-13-31-22(17-29-14-15-30(19(4)16-29)25(32)20-11-12-20)23(26(33)35-6-2)24(28-27(31)34)21-10-8-7-9-18(21)3/h5,7-10,19-20,24H,1,6,11-17H2,2-4H3,(H,28,34). The number of urea groups is 1. The van der Waals surface area contributed by atoms with E-state index in [1.807, 2.05) is 36.1 Å². The van der Waals surface area contributed by atoms with Gasteiger partial charge in [-0.15, -0.1) is 6.58 Å². The maximum Gasteiger partial charge on any atom is 0.338 e. The molecule has 8 nitrogen and oxygen atoms in total. The van der Waals surface area contributed by atoms with E-state index in [0.29, 0.717) is 37.4 Å². The van der Waals surface area contributed by atoms with Crippen molar-refractivity contribution in [3.63, 3.8) is 0 Å². The van der Waals surface area contributed by atoms with Crippen LogP contribution in [0, 0.1) is 12.8 Å². The van der Waals surface area contributed by atoms with Crippen LogP contribution >= 0.6 is 0 Å². The molecule has 1 aliphatic carbocycles. The van der Waals surface area contributed by atoms with Crippen molar-refractivity contribution in [2.45, 2.75) is 45.7 Å².